The van der Waals surface area contributed by atoms with Crippen molar-refractivity contribution in [1.82, 2.24) is 0 Å². The van der Waals surface area contributed by atoms with Crippen LogP contribution in [0.5, 0.6) is 0 Å². The van der Waals surface area contributed by atoms with Crippen molar-refractivity contribution in [2.24, 2.45) is 28.6 Å². The van der Waals surface area contributed by atoms with Crippen molar-refractivity contribution in [2.75, 3.05) is 13.2 Å². The van der Waals surface area contributed by atoms with Crippen LogP contribution < -0.4 is 0 Å². The summed E-state index contributed by atoms with van der Waals surface area (Å²) in [7, 11) is 0. The first-order valence-electron chi connectivity index (χ1n) is 10.8. The molecule has 1 aliphatic heterocycles. The first-order valence-corrected chi connectivity index (χ1v) is 10.8. The Hall–Kier alpha value is -0.680. The summed E-state index contributed by atoms with van der Waals surface area (Å²) in [4.78, 5) is 0. The van der Waals surface area contributed by atoms with Crippen LogP contribution in [0, 0.1) is 28.6 Å². The minimum atomic E-state index is -0.588. The zero-order valence-electron chi connectivity index (χ0n) is 16.9. The second-order valence-corrected chi connectivity index (χ2v) is 10.2. The van der Waals surface area contributed by atoms with Gasteiger partial charge >= 0.3 is 0 Å². The van der Waals surface area contributed by atoms with Crippen molar-refractivity contribution in [3.05, 3.63) is 23.3 Å². The molecule has 2 N–H and O–H groups in total. The molecule has 5 rings (SSSR count). The largest absolute Gasteiger partial charge is 0.393 e. The lowest BCUT2D eigenvalue weighted by Gasteiger charge is -2.58. The molecule has 4 aliphatic carbocycles. The summed E-state index contributed by atoms with van der Waals surface area (Å²) in [5, 5.41) is 21.6. The van der Waals surface area contributed by atoms with Crippen molar-refractivity contribution >= 4 is 0 Å². The summed E-state index contributed by atoms with van der Waals surface area (Å²) in [5.41, 5.74) is 2.73. The Bertz CT molecular complexity index is 690. The highest BCUT2D eigenvalue weighted by Crippen LogP contribution is 2.66. The highest BCUT2D eigenvalue weighted by molar-refractivity contribution is 5.37. The van der Waals surface area contributed by atoms with Crippen LogP contribution in [0.15, 0.2) is 23.3 Å². The van der Waals surface area contributed by atoms with Crippen molar-refractivity contribution in [2.45, 2.75) is 77.3 Å². The highest BCUT2D eigenvalue weighted by Gasteiger charge is 2.63. The lowest BCUT2D eigenvalue weighted by molar-refractivity contribution is -0.218. The molecular formula is C23H34O4. The second kappa shape index (κ2) is 5.91. The Labute approximate surface area is 162 Å². The van der Waals surface area contributed by atoms with E-state index in [9.17, 15) is 10.2 Å². The van der Waals surface area contributed by atoms with E-state index in [2.05, 4.69) is 32.9 Å². The molecule has 0 aromatic rings. The van der Waals surface area contributed by atoms with Crippen molar-refractivity contribution in [3.63, 3.8) is 0 Å². The van der Waals surface area contributed by atoms with Gasteiger partial charge < -0.3 is 19.7 Å². The van der Waals surface area contributed by atoms with E-state index in [0.717, 1.165) is 38.5 Å². The van der Waals surface area contributed by atoms with Crippen molar-refractivity contribution < 1.29 is 19.7 Å². The monoisotopic (exact) mass is 374 g/mol. The summed E-state index contributed by atoms with van der Waals surface area (Å²) in [6, 6.07) is 0. The molecule has 150 valence electrons. The van der Waals surface area contributed by atoms with Gasteiger partial charge in [-0.05, 0) is 62.7 Å². The molecule has 0 bridgehead atoms. The Morgan fingerprint density at radius 1 is 1.04 bits per heavy atom. The summed E-state index contributed by atoms with van der Waals surface area (Å²) < 4.78 is 12.1. The number of aliphatic hydroxyl groups is 2. The quantitative estimate of drug-likeness (QED) is 0.689. The number of hydrogen-bond donors (Lipinski definition) is 2. The van der Waals surface area contributed by atoms with E-state index in [1.54, 1.807) is 0 Å². The predicted octanol–water partition coefficient (Wildman–Crippen LogP) is 3.58. The lowest BCUT2D eigenvalue weighted by Crippen LogP contribution is -2.57. The molecule has 3 unspecified atom stereocenters. The van der Waals surface area contributed by atoms with Gasteiger partial charge in [-0.1, -0.05) is 37.1 Å². The maximum absolute atomic E-state index is 11.5. The van der Waals surface area contributed by atoms with Gasteiger partial charge in [0.15, 0.2) is 5.79 Å². The number of rotatable bonds is 1. The van der Waals surface area contributed by atoms with Gasteiger partial charge in [0.1, 0.15) is 0 Å². The molecule has 2 saturated carbocycles. The normalized spacial score (nSPS) is 51.1. The number of aliphatic hydroxyl groups excluding tert-OH is 2. The summed E-state index contributed by atoms with van der Waals surface area (Å²) in [5.74, 6) is 0.550. The van der Waals surface area contributed by atoms with Gasteiger partial charge in [0, 0.05) is 11.3 Å². The van der Waals surface area contributed by atoms with Crippen LogP contribution in [0.4, 0.5) is 0 Å². The van der Waals surface area contributed by atoms with E-state index in [4.69, 9.17) is 9.47 Å². The third-order valence-corrected chi connectivity index (χ3v) is 9.09. The zero-order valence-corrected chi connectivity index (χ0v) is 16.9. The van der Waals surface area contributed by atoms with Gasteiger partial charge in [0.25, 0.3) is 0 Å². The van der Waals surface area contributed by atoms with Gasteiger partial charge in [-0.3, -0.25) is 0 Å². The molecule has 5 aliphatic rings. The Balaban J connectivity index is 1.51. The number of fused-ring (bicyclic) bond motifs is 5. The van der Waals surface area contributed by atoms with E-state index >= 15 is 0 Å². The fraction of sp³-hybridized carbons (Fsp3) is 0.826. The van der Waals surface area contributed by atoms with Gasteiger partial charge in [0.2, 0.25) is 0 Å². The SMILES string of the molecule is CC1(C2CC=C3C4CC=C5C[C@@H](O)CC[C@]5(C)C4C[C@@H](O)[C@@]32C)OCCO1. The average Bonchev–Trinajstić information content (AvgIpc) is 3.22. The molecule has 1 heterocycles. The second-order valence-electron chi connectivity index (χ2n) is 10.2. The van der Waals surface area contributed by atoms with Crippen LogP contribution in [0.3, 0.4) is 0 Å². The summed E-state index contributed by atoms with van der Waals surface area (Å²) in [6.07, 6.45) is 9.80. The van der Waals surface area contributed by atoms with Crippen molar-refractivity contribution in [1.29, 1.82) is 0 Å². The van der Waals surface area contributed by atoms with E-state index in [-0.39, 0.29) is 29.0 Å². The molecule has 0 aromatic carbocycles. The Morgan fingerprint density at radius 3 is 2.52 bits per heavy atom. The molecule has 0 aromatic heterocycles. The standard InChI is InChI=1S/C23H34O4/c1-21-9-8-15(24)12-14(21)4-5-16-17-6-7-19(23(3)26-10-11-27-23)22(17,2)20(25)13-18(16)21/h4,6,15-16,18-20,24-25H,5,7-13H2,1-3H3/t15-,16?,18?,19?,20+,21-,22-/m0/s1. The first-order chi connectivity index (χ1) is 12.8. The van der Waals surface area contributed by atoms with Gasteiger partial charge in [0.05, 0.1) is 25.4 Å². The zero-order chi connectivity index (χ0) is 19.0. The smallest absolute Gasteiger partial charge is 0.169 e. The van der Waals surface area contributed by atoms with Crippen LogP contribution in [0.25, 0.3) is 0 Å². The summed E-state index contributed by atoms with van der Waals surface area (Å²) >= 11 is 0. The molecule has 7 atom stereocenters. The molecule has 0 radical (unpaired) electrons. The number of hydrogen-bond acceptors (Lipinski definition) is 4. The Kier molecular flexibility index (Phi) is 4.02. The third kappa shape index (κ3) is 2.36. The fourth-order valence-electron chi connectivity index (χ4n) is 7.46. The molecule has 27 heavy (non-hydrogen) atoms. The number of allylic oxidation sites excluding steroid dienone is 2. The van der Waals surface area contributed by atoms with Gasteiger partial charge in [-0.2, -0.15) is 0 Å². The minimum absolute atomic E-state index is 0.119. The molecule has 1 saturated heterocycles. The molecule has 3 fully saturated rings. The van der Waals surface area contributed by atoms with E-state index in [0.29, 0.717) is 25.0 Å². The maximum Gasteiger partial charge on any atom is 0.169 e. The first kappa shape index (κ1) is 18.4. The topological polar surface area (TPSA) is 58.9 Å². The third-order valence-electron chi connectivity index (χ3n) is 9.09. The molecule has 0 spiro atoms. The fourth-order valence-corrected chi connectivity index (χ4v) is 7.46. The van der Waals surface area contributed by atoms with Gasteiger partial charge in [-0.25, -0.2) is 0 Å². The van der Waals surface area contributed by atoms with Crippen LogP contribution >= 0.6 is 0 Å². The van der Waals surface area contributed by atoms with Crippen molar-refractivity contribution in [3.8, 4) is 0 Å². The minimum Gasteiger partial charge on any atom is -0.393 e. The van der Waals surface area contributed by atoms with Gasteiger partial charge in [-0.15, -0.1) is 0 Å². The Morgan fingerprint density at radius 2 is 1.78 bits per heavy atom. The molecular weight excluding hydrogens is 340 g/mol. The maximum atomic E-state index is 11.5. The van der Waals surface area contributed by atoms with E-state index < -0.39 is 5.79 Å². The van der Waals surface area contributed by atoms with Crippen LogP contribution in [-0.2, 0) is 9.47 Å². The van der Waals surface area contributed by atoms with Crippen LogP contribution in [0.2, 0.25) is 0 Å². The lowest BCUT2D eigenvalue weighted by atomic mass is 9.47. The van der Waals surface area contributed by atoms with E-state index in [1.165, 1.54) is 11.1 Å². The van der Waals surface area contributed by atoms with Crippen LogP contribution in [-0.4, -0.2) is 41.4 Å². The molecule has 4 heteroatoms. The highest BCUT2D eigenvalue weighted by atomic mass is 16.7. The number of ether oxygens (including phenoxy) is 2. The molecule has 4 nitrogen and oxygen atoms in total. The van der Waals surface area contributed by atoms with Crippen LogP contribution in [0.1, 0.15) is 59.3 Å². The average molecular weight is 375 g/mol. The molecule has 0 amide bonds. The van der Waals surface area contributed by atoms with E-state index in [1.807, 2.05) is 0 Å². The predicted molar refractivity (Wildman–Crippen MR) is 103 cm³/mol. The summed E-state index contributed by atoms with van der Waals surface area (Å²) in [6.45, 7) is 7.99.